The molecule has 18 heavy (non-hydrogen) atoms. The van der Waals surface area contributed by atoms with E-state index < -0.39 is 0 Å². The molecule has 0 bridgehead atoms. The molecule has 0 aliphatic rings. The summed E-state index contributed by atoms with van der Waals surface area (Å²) in [5.74, 6) is 1.30. The maximum atomic E-state index is 5.91. The minimum Gasteiger partial charge on any atom is -0.313 e. The van der Waals surface area contributed by atoms with Crippen molar-refractivity contribution in [1.29, 1.82) is 0 Å². The summed E-state index contributed by atoms with van der Waals surface area (Å²) < 4.78 is 1.09. The van der Waals surface area contributed by atoms with Gasteiger partial charge in [0.25, 0.3) is 0 Å². The molecule has 0 spiro atoms. The first-order chi connectivity index (χ1) is 8.74. The summed E-state index contributed by atoms with van der Waals surface area (Å²) in [5, 5.41) is 4.25. The Morgan fingerprint density at radius 3 is 2.72 bits per heavy atom. The maximum absolute atomic E-state index is 5.91. The normalized spacial score (nSPS) is 10.8. The fraction of sp³-hybridized carbons (Fsp3) is 0.571. The van der Waals surface area contributed by atoms with Crippen molar-refractivity contribution in [3.8, 4) is 0 Å². The van der Waals surface area contributed by atoms with Gasteiger partial charge in [-0.05, 0) is 49.1 Å². The van der Waals surface area contributed by atoms with Gasteiger partial charge in [0.2, 0.25) is 0 Å². The number of benzene rings is 1. The zero-order valence-electron chi connectivity index (χ0n) is 10.8. The van der Waals surface area contributed by atoms with Gasteiger partial charge in [0.05, 0.1) is 0 Å². The zero-order chi connectivity index (χ0) is 13.2. The predicted molar refractivity (Wildman–Crippen MR) is 87.7 cm³/mol. The Morgan fingerprint density at radius 1 is 1.22 bits per heavy atom. The molecule has 0 saturated carbocycles. The zero-order valence-corrected chi connectivity index (χ0v) is 14.0. The third-order valence-electron chi connectivity index (χ3n) is 2.78. The lowest BCUT2D eigenvalue weighted by atomic mass is 10.2. The van der Waals surface area contributed by atoms with E-state index in [1.807, 2.05) is 23.9 Å². The van der Waals surface area contributed by atoms with E-state index >= 15 is 0 Å². The van der Waals surface area contributed by atoms with Crippen LogP contribution in [-0.2, 0) is 6.54 Å². The Morgan fingerprint density at radius 2 is 2.00 bits per heavy atom. The Bertz CT molecular complexity index is 347. The van der Waals surface area contributed by atoms with Gasteiger partial charge in [0, 0.05) is 16.0 Å². The number of halogens is 2. The van der Waals surface area contributed by atoms with E-state index in [1.54, 1.807) is 0 Å². The highest BCUT2D eigenvalue weighted by molar-refractivity contribution is 9.10. The van der Waals surface area contributed by atoms with Crippen LogP contribution in [0.3, 0.4) is 0 Å². The molecule has 0 saturated heterocycles. The smallest absolute Gasteiger partial charge is 0.0417 e. The summed E-state index contributed by atoms with van der Waals surface area (Å²) >= 11 is 11.4. The molecule has 0 amide bonds. The van der Waals surface area contributed by atoms with Gasteiger partial charge in [-0.25, -0.2) is 0 Å². The molecule has 4 heteroatoms. The summed E-state index contributed by atoms with van der Waals surface area (Å²) in [5.41, 5.74) is 1.27. The first-order valence-electron chi connectivity index (χ1n) is 6.37. The minimum absolute atomic E-state index is 0.777. The summed E-state index contributed by atoms with van der Waals surface area (Å²) in [6, 6.07) is 5.95. The average molecular weight is 351 g/mol. The van der Waals surface area contributed by atoms with Gasteiger partial charge in [-0.3, -0.25) is 0 Å². The monoisotopic (exact) mass is 349 g/mol. The van der Waals surface area contributed by atoms with Crippen LogP contribution in [0.5, 0.6) is 0 Å². The number of rotatable bonds is 9. The Balaban J connectivity index is 2.07. The molecular formula is C14H21BrClNS. The summed E-state index contributed by atoms with van der Waals surface area (Å²) in [7, 11) is 0. The fourth-order valence-corrected chi connectivity index (χ4v) is 3.05. The van der Waals surface area contributed by atoms with Crippen molar-refractivity contribution in [2.24, 2.45) is 0 Å². The van der Waals surface area contributed by atoms with Crippen LogP contribution in [0.2, 0.25) is 5.02 Å². The fourth-order valence-electron chi connectivity index (χ4n) is 1.74. The van der Waals surface area contributed by atoms with Crippen LogP contribution in [0.15, 0.2) is 22.7 Å². The molecule has 0 aromatic heterocycles. The highest BCUT2D eigenvalue weighted by Gasteiger charge is 2.00. The molecule has 0 aliphatic carbocycles. The van der Waals surface area contributed by atoms with Crippen LogP contribution < -0.4 is 5.32 Å². The third-order valence-corrected chi connectivity index (χ3v) is 4.45. The van der Waals surface area contributed by atoms with Crippen LogP contribution >= 0.6 is 39.3 Å². The Kier molecular flexibility index (Phi) is 9.21. The molecule has 0 atom stereocenters. The minimum atomic E-state index is 0.777. The molecule has 1 N–H and O–H groups in total. The van der Waals surface area contributed by atoms with Crippen molar-refractivity contribution in [3.63, 3.8) is 0 Å². The van der Waals surface area contributed by atoms with E-state index in [4.69, 9.17) is 11.6 Å². The molecule has 1 aromatic rings. The number of hydrogen-bond donors (Lipinski definition) is 1. The maximum Gasteiger partial charge on any atom is 0.0417 e. The molecule has 1 aromatic carbocycles. The number of hydrogen-bond acceptors (Lipinski definition) is 2. The van der Waals surface area contributed by atoms with Gasteiger partial charge < -0.3 is 5.32 Å². The van der Waals surface area contributed by atoms with E-state index in [2.05, 4.69) is 33.6 Å². The second-order valence-electron chi connectivity index (χ2n) is 4.32. The SMILES string of the molecule is CSCCCCCCNCc1ccc(Cl)cc1Br. The largest absolute Gasteiger partial charge is 0.313 e. The van der Waals surface area contributed by atoms with E-state index in [9.17, 15) is 0 Å². The van der Waals surface area contributed by atoms with Crippen LogP contribution in [0.1, 0.15) is 31.2 Å². The van der Waals surface area contributed by atoms with Crippen molar-refractivity contribution in [2.45, 2.75) is 32.2 Å². The van der Waals surface area contributed by atoms with Gasteiger partial charge in [0.15, 0.2) is 0 Å². The van der Waals surface area contributed by atoms with E-state index in [0.29, 0.717) is 0 Å². The summed E-state index contributed by atoms with van der Waals surface area (Å²) in [6.45, 7) is 2.00. The number of thioether (sulfide) groups is 1. The van der Waals surface area contributed by atoms with Crippen molar-refractivity contribution >= 4 is 39.3 Å². The summed E-state index contributed by atoms with van der Waals surface area (Å²) in [4.78, 5) is 0. The molecule has 0 unspecified atom stereocenters. The number of unbranched alkanes of at least 4 members (excludes halogenated alkanes) is 3. The van der Waals surface area contributed by atoms with Gasteiger partial charge in [-0.1, -0.05) is 46.4 Å². The molecule has 0 aliphatic heterocycles. The summed E-state index contributed by atoms with van der Waals surface area (Å²) in [6.07, 6.45) is 7.47. The molecule has 0 radical (unpaired) electrons. The van der Waals surface area contributed by atoms with Gasteiger partial charge in [0.1, 0.15) is 0 Å². The highest BCUT2D eigenvalue weighted by Crippen LogP contribution is 2.21. The molecule has 0 heterocycles. The first kappa shape index (κ1) is 16.4. The van der Waals surface area contributed by atoms with E-state index in [0.717, 1.165) is 22.6 Å². The van der Waals surface area contributed by atoms with E-state index in [-0.39, 0.29) is 0 Å². The topological polar surface area (TPSA) is 12.0 Å². The molecule has 0 fully saturated rings. The van der Waals surface area contributed by atoms with Crippen molar-refractivity contribution in [1.82, 2.24) is 5.32 Å². The lowest BCUT2D eigenvalue weighted by molar-refractivity contribution is 0.599. The average Bonchev–Trinajstić information content (AvgIpc) is 2.35. The van der Waals surface area contributed by atoms with Crippen molar-refractivity contribution in [3.05, 3.63) is 33.3 Å². The lowest BCUT2D eigenvalue weighted by Crippen LogP contribution is -2.14. The van der Waals surface area contributed by atoms with Crippen molar-refractivity contribution in [2.75, 3.05) is 18.6 Å². The molecular weight excluding hydrogens is 330 g/mol. The highest BCUT2D eigenvalue weighted by atomic mass is 79.9. The second kappa shape index (κ2) is 10.1. The van der Waals surface area contributed by atoms with Crippen LogP contribution in [0.25, 0.3) is 0 Å². The predicted octanol–water partition coefficient (Wildman–Crippen LogP) is 5.12. The Labute approximate surface area is 128 Å². The van der Waals surface area contributed by atoms with Gasteiger partial charge >= 0.3 is 0 Å². The lowest BCUT2D eigenvalue weighted by Gasteiger charge is -2.07. The molecule has 1 nitrogen and oxygen atoms in total. The third kappa shape index (κ3) is 7.03. The van der Waals surface area contributed by atoms with Crippen molar-refractivity contribution < 1.29 is 0 Å². The van der Waals surface area contributed by atoms with Crippen LogP contribution in [0.4, 0.5) is 0 Å². The standard InChI is InChI=1S/C14H21BrClNS/c1-18-9-5-3-2-4-8-17-11-12-6-7-13(16)10-14(12)15/h6-7,10,17H,2-5,8-9,11H2,1H3. The molecule has 102 valence electrons. The Hall–Kier alpha value is 0.300. The quantitative estimate of drug-likeness (QED) is 0.621. The van der Waals surface area contributed by atoms with Crippen LogP contribution in [0, 0.1) is 0 Å². The number of nitrogens with one attached hydrogen (secondary N) is 1. The molecule has 1 rings (SSSR count). The van der Waals surface area contributed by atoms with Crippen LogP contribution in [-0.4, -0.2) is 18.6 Å². The first-order valence-corrected chi connectivity index (χ1v) is 8.94. The van der Waals surface area contributed by atoms with Gasteiger partial charge in [-0.15, -0.1) is 0 Å². The second-order valence-corrected chi connectivity index (χ2v) is 6.60. The van der Waals surface area contributed by atoms with Gasteiger partial charge in [-0.2, -0.15) is 11.8 Å². The van der Waals surface area contributed by atoms with E-state index in [1.165, 1.54) is 37.0 Å².